The van der Waals surface area contributed by atoms with Crippen LogP contribution in [0, 0.1) is 11.3 Å². The van der Waals surface area contributed by atoms with E-state index in [1.807, 2.05) is 44.7 Å². The van der Waals surface area contributed by atoms with Crippen molar-refractivity contribution >= 4 is 29.5 Å². The average molecular weight is 499 g/mol. The van der Waals surface area contributed by atoms with Crippen LogP contribution in [0.1, 0.15) is 77.7 Å². The lowest BCUT2D eigenvalue weighted by atomic mass is 9.79. The lowest BCUT2D eigenvalue weighted by Crippen LogP contribution is -2.49. The number of pyridine rings is 1. The topological polar surface area (TPSA) is 109 Å². The number of hydrogen-bond donors (Lipinski definition) is 1. The van der Waals surface area contributed by atoms with Crippen molar-refractivity contribution in [3.63, 3.8) is 0 Å². The van der Waals surface area contributed by atoms with Gasteiger partial charge in [-0.25, -0.2) is 4.98 Å². The Hall–Kier alpha value is -2.97. The number of carbonyl (C=O) groups excluding carboxylic acids is 4. The predicted molar refractivity (Wildman–Crippen MR) is 134 cm³/mol. The SMILES string of the molecule is CC(C)(C)OC(=O)C1(C)CCN(C(=O)C2CCN(c3ccc([C@H]4CCC(=O)NC4=O)cn3)CC2)CC1. The van der Waals surface area contributed by atoms with Gasteiger partial charge in [0.2, 0.25) is 17.7 Å². The van der Waals surface area contributed by atoms with Crippen LogP contribution in [0.5, 0.6) is 0 Å². The smallest absolute Gasteiger partial charge is 0.312 e. The zero-order valence-corrected chi connectivity index (χ0v) is 21.8. The largest absolute Gasteiger partial charge is 0.460 e. The number of likely N-dealkylation sites (tertiary alicyclic amines) is 1. The molecule has 1 aromatic rings. The number of rotatable bonds is 4. The van der Waals surface area contributed by atoms with Gasteiger partial charge in [0, 0.05) is 44.7 Å². The first-order valence-corrected chi connectivity index (χ1v) is 13.0. The van der Waals surface area contributed by atoms with E-state index in [-0.39, 0.29) is 35.5 Å². The van der Waals surface area contributed by atoms with Crippen LogP contribution in [-0.4, -0.2) is 65.4 Å². The van der Waals surface area contributed by atoms with Crippen LogP contribution in [0.2, 0.25) is 0 Å². The second kappa shape index (κ2) is 10.2. The Balaban J connectivity index is 1.26. The molecule has 3 amide bonds. The van der Waals surface area contributed by atoms with Crippen molar-refractivity contribution in [3.05, 3.63) is 23.9 Å². The van der Waals surface area contributed by atoms with E-state index in [1.165, 1.54) is 0 Å². The maximum absolute atomic E-state index is 13.2. The number of esters is 1. The standard InChI is InChI=1S/C27H38N4O5/c1-26(2,3)36-25(35)27(4)11-15-31(16-12-27)24(34)18-9-13-30(14-10-18)21-7-5-19(17-28-21)20-6-8-22(32)29-23(20)33/h5,7,17-18,20H,6,8-16H2,1-4H3,(H,29,32,33)/t20-/m1/s1. The Morgan fingerprint density at radius 2 is 1.72 bits per heavy atom. The van der Waals surface area contributed by atoms with Gasteiger partial charge in [-0.2, -0.15) is 0 Å². The summed E-state index contributed by atoms with van der Waals surface area (Å²) in [5, 5.41) is 2.39. The van der Waals surface area contributed by atoms with Crippen molar-refractivity contribution in [2.45, 2.75) is 77.7 Å². The van der Waals surface area contributed by atoms with Crippen molar-refractivity contribution in [1.29, 1.82) is 0 Å². The van der Waals surface area contributed by atoms with Crippen LogP contribution in [0.15, 0.2) is 18.3 Å². The van der Waals surface area contributed by atoms with Crippen molar-refractivity contribution in [1.82, 2.24) is 15.2 Å². The Labute approximate surface area is 212 Å². The Kier molecular flexibility index (Phi) is 7.38. The number of amides is 3. The fourth-order valence-electron chi connectivity index (χ4n) is 5.24. The van der Waals surface area contributed by atoms with Crippen molar-refractivity contribution in [3.8, 4) is 0 Å². The monoisotopic (exact) mass is 498 g/mol. The molecule has 0 saturated carbocycles. The normalized spacial score (nSPS) is 23.3. The predicted octanol–water partition coefficient (Wildman–Crippen LogP) is 2.79. The summed E-state index contributed by atoms with van der Waals surface area (Å²) in [7, 11) is 0. The highest BCUT2D eigenvalue weighted by Crippen LogP contribution is 2.35. The molecule has 36 heavy (non-hydrogen) atoms. The molecule has 1 N–H and O–H groups in total. The second-order valence-corrected chi connectivity index (χ2v) is 11.6. The lowest BCUT2D eigenvalue weighted by Gasteiger charge is -2.41. The van der Waals surface area contributed by atoms with E-state index < -0.39 is 11.0 Å². The molecule has 3 aliphatic rings. The summed E-state index contributed by atoms with van der Waals surface area (Å²) in [6.45, 7) is 10.2. The molecule has 0 bridgehead atoms. The number of nitrogens with one attached hydrogen (secondary N) is 1. The first kappa shape index (κ1) is 26.1. The van der Waals surface area contributed by atoms with E-state index in [1.54, 1.807) is 6.20 Å². The highest BCUT2D eigenvalue weighted by atomic mass is 16.6. The van der Waals surface area contributed by atoms with Crippen LogP contribution in [0.25, 0.3) is 0 Å². The lowest BCUT2D eigenvalue weighted by molar-refractivity contribution is -0.170. The summed E-state index contributed by atoms with van der Waals surface area (Å²) in [6.07, 6.45) is 5.34. The van der Waals surface area contributed by atoms with E-state index in [0.29, 0.717) is 38.8 Å². The van der Waals surface area contributed by atoms with Crippen molar-refractivity contribution in [2.75, 3.05) is 31.1 Å². The number of carbonyl (C=O) groups is 4. The molecular weight excluding hydrogens is 460 g/mol. The number of hydrogen-bond acceptors (Lipinski definition) is 7. The fraction of sp³-hybridized carbons (Fsp3) is 0.667. The molecule has 1 aromatic heterocycles. The minimum atomic E-state index is -0.543. The Bertz CT molecular complexity index is 1000. The van der Waals surface area contributed by atoms with E-state index in [2.05, 4.69) is 15.2 Å². The van der Waals surface area contributed by atoms with E-state index in [0.717, 1.165) is 37.3 Å². The molecule has 3 fully saturated rings. The van der Waals surface area contributed by atoms with Gasteiger partial charge in [-0.15, -0.1) is 0 Å². The zero-order valence-electron chi connectivity index (χ0n) is 21.8. The number of nitrogens with zero attached hydrogens (tertiary/aromatic N) is 3. The van der Waals surface area contributed by atoms with Crippen LogP contribution >= 0.6 is 0 Å². The summed E-state index contributed by atoms with van der Waals surface area (Å²) >= 11 is 0. The first-order valence-electron chi connectivity index (χ1n) is 13.0. The molecule has 0 aliphatic carbocycles. The molecule has 0 spiro atoms. The summed E-state index contributed by atoms with van der Waals surface area (Å²) in [5.41, 5.74) is -0.238. The molecule has 3 saturated heterocycles. The number of ether oxygens (including phenoxy) is 1. The van der Waals surface area contributed by atoms with Crippen molar-refractivity contribution < 1.29 is 23.9 Å². The number of imide groups is 1. The third-order valence-electron chi connectivity index (χ3n) is 7.65. The third kappa shape index (κ3) is 5.87. The van der Waals surface area contributed by atoms with Gasteiger partial charge in [0.25, 0.3) is 0 Å². The van der Waals surface area contributed by atoms with Gasteiger partial charge in [0.05, 0.1) is 11.3 Å². The van der Waals surface area contributed by atoms with Crippen LogP contribution in [0.4, 0.5) is 5.82 Å². The number of anilines is 1. The summed E-state index contributed by atoms with van der Waals surface area (Å²) in [4.78, 5) is 58.0. The van der Waals surface area contributed by atoms with Gasteiger partial charge in [0.15, 0.2) is 0 Å². The minimum absolute atomic E-state index is 0.0186. The molecule has 4 heterocycles. The Morgan fingerprint density at radius 1 is 1.06 bits per heavy atom. The zero-order chi connectivity index (χ0) is 26.1. The molecule has 196 valence electrons. The summed E-state index contributed by atoms with van der Waals surface area (Å²) in [6, 6.07) is 3.83. The van der Waals surface area contributed by atoms with Gasteiger partial charge in [-0.3, -0.25) is 24.5 Å². The van der Waals surface area contributed by atoms with Crippen molar-refractivity contribution in [2.24, 2.45) is 11.3 Å². The number of piperidine rings is 3. The highest BCUT2D eigenvalue weighted by Gasteiger charge is 2.42. The van der Waals surface area contributed by atoms with Gasteiger partial charge in [-0.05, 0) is 71.4 Å². The van der Waals surface area contributed by atoms with Gasteiger partial charge in [0.1, 0.15) is 11.4 Å². The molecule has 9 heteroatoms. The molecule has 4 rings (SSSR count). The fourth-order valence-corrected chi connectivity index (χ4v) is 5.24. The average Bonchev–Trinajstić information content (AvgIpc) is 2.83. The quantitative estimate of drug-likeness (QED) is 0.502. The molecule has 9 nitrogen and oxygen atoms in total. The molecule has 0 aromatic carbocycles. The van der Waals surface area contributed by atoms with Crippen LogP contribution in [-0.2, 0) is 23.9 Å². The van der Waals surface area contributed by atoms with Gasteiger partial charge < -0.3 is 14.5 Å². The van der Waals surface area contributed by atoms with E-state index in [9.17, 15) is 19.2 Å². The van der Waals surface area contributed by atoms with Gasteiger partial charge in [-0.1, -0.05) is 6.07 Å². The van der Waals surface area contributed by atoms with Crippen LogP contribution < -0.4 is 10.2 Å². The maximum Gasteiger partial charge on any atom is 0.312 e. The van der Waals surface area contributed by atoms with Crippen LogP contribution in [0.3, 0.4) is 0 Å². The highest BCUT2D eigenvalue weighted by molar-refractivity contribution is 6.00. The first-order chi connectivity index (χ1) is 16.9. The second-order valence-electron chi connectivity index (χ2n) is 11.6. The number of aromatic nitrogens is 1. The molecular formula is C27H38N4O5. The molecule has 0 radical (unpaired) electrons. The molecule has 1 atom stereocenters. The minimum Gasteiger partial charge on any atom is -0.460 e. The maximum atomic E-state index is 13.2. The third-order valence-corrected chi connectivity index (χ3v) is 7.65. The molecule has 3 aliphatic heterocycles. The van der Waals surface area contributed by atoms with E-state index >= 15 is 0 Å². The summed E-state index contributed by atoms with van der Waals surface area (Å²) in [5.74, 6) is 0.00457. The van der Waals surface area contributed by atoms with E-state index in [4.69, 9.17) is 4.74 Å². The molecule has 0 unspecified atom stereocenters. The summed E-state index contributed by atoms with van der Waals surface area (Å²) < 4.78 is 5.61. The van der Waals surface area contributed by atoms with Gasteiger partial charge >= 0.3 is 5.97 Å². The Morgan fingerprint density at radius 3 is 2.28 bits per heavy atom.